The average Bonchev–Trinajstić information content (AvgIpc) is 3.43. The van der Waals surface area contributed by atoms with Crippen molar-refractivity contribution in [2.75, 3.05) is 19.6 Å². The van der Waals surface area contributed by atoms with E-state index in [1.165, 1.54) is 12.8 Å². The van der Waals surface area contributed by atoms with Crippen LogP contribution in [0.3, 0.4) is 0 Å². The van der Waals surface area contributed by atoms with Gasteiger partial charge in [0.2, 0.25) is 5.91 Å². The first kappa shape index (κ1) is 18.9. The number of aromatic amines is 1. The number of likely N-dealkylation sites (tertiary alicyclic amines) is 1. The molecule has 156 valence electrons. The Morgan fingerprint density at radius 3 is 2.83 bits per heavy atom. The molecule has 29 heavy (non-hydrogen) atoms. The number of amides is 1. The molecule has 3 aliphatic rings. The lowest BCUT2D eigenvalue weighted by Crippen LogP contribution is -2.41. The van der Waals surface area contributed by atoms with Crippen LogP contribution in [0.2, 0.25) is 0 Å². The number of hydrogen-bond donors (Lipinski definition) is 1. The molecule has 1 saturated carbocycles. The van der Waals surface area contributed by atoms with E-state index < -0.39 is 0 Å². The Hall–Kier alpha value is -2.15. The van der Waals surface area contributed by atoms with Gasteiger partial charge in [0.25, 0.3) is 5.56 Å². The molecule has 0 spiro atoms. The van der Waals surface area contributed by atoms with Crippen molar-refractivity contribution >= 4 is 11.6 Å². The van der Waals surface area contributed by atoms with E-state index in [0.29, 0.717) is 12.2 Å². The molecule has 2 aromatic rings. The molecular formula is C22H31N5O2. The molecule has 1 saturated heterocycles. The molecule has 2 fully saturated rings. The summed E-state index contributed by atoms with van der Waals surface area (Å²) in [5.74, 6) is 0.984. The fourth-order valence-corrected chi connectivity index (χ4v) is 4.90. The summed E-state index contributed by atoms with van der Waals surface area (Å²) in [4.78, 5) is 35.2. The maximum absolute atomic E-state index is 13.2. The molecule has 0 bridgehead atoms. The van der Waals surface area contributed by atoms with Crippen molar-refractivity contribution < 1.29 is 4.79 Å². The van der Waals surface area contributed by atoms with Crippen LogP contribution in [0.5, 0.6) is 0 Å². The highest BCUT2D eigenvalue weighted by Crippen LogP contribution is 2.33. The minimum Gasteiger partial charge on any atom is -0.334 e. The highest BCUT2D eigenvalue weighted by molar-refractivity contribution is 5.78. The molecule has 2 aromatic heterocycles. The van der Waals surface area contributed by atoms with Gasteiger partial charge in [-0.05, 0) is 38.0 Å². The Kier molecular flexibility index (Phi) is 4.73. The Balaban J connectivity index is 1.48. The predicted molar refractivity (Wildman–Crippen MR) is 111 cm³/mol. The van der Waals surface area contributed by atoms with Crippen LogP contribution < -0.4 is 5.56 Å². The third kappa shape index (κ3) is 3.50. The average molecular weight is 398 g/mol. The summed E-state index contributed by atoms with van der Waals surface area (Å²) in [7, 11) is 0. The van der Waals surface area contributed by atoms with E-state index in [1.54, 1.807) is 4.52 Å². The van der Waals surface area contributed by atoms with Gasteiger partial charge in [0.1, 0.15) is 0 Å². The molecule has 0 unspecified atom stereocenters. The van der Waals surface area contributed by atoms with Gasteiger partial charge < -0.3 is 4.90 Å². The number of aromatic nitrogens is 3. The van der Waals surface area contributed by atoms with Gasteiger partial charge in [-0.2, -0.15) is 0 Å². The SMILES string of the molecule is CC(C)C(=O)N1CCCC[C@H]1c1cc2nc3c(c(=O)n2[nH]1)CN(CC1CC1)CC3. The number of nitrogens with zero attached hydrogens (tertiary/aromatic N) is 4. The summed E-state index contributed by atoms with van der Waals surface area (Å²) in [5, 5.41) is 3.30. The normalized spacial score (nSPS) is 23.0. The maximum atomic E-state index is 13.2. The third-order valence-corrected chi connectivity index (χ3v) is 6.71. The minimum absolute atomic E-state index is 0.00291. The van der Waals surface area contributed by atoms with Crippen molar-refractivity contribution in [3.05, 3.63) is 33.4 Å². The summed E-state index contributed by atoms with van der Waals surface area (Å²) in [6, 6.07) is 1.98. The topological polar surface area (TPSA) is 73.7 Å². The third-order valence-electron chi connectivity index (χ3n) is 6.71. The van der Waals surface area contributed by atoms with Gasteiger partial charge in [-0.3, -0.25) is 19.6 Å². The second-order valence-electron chi connectivity index (χ2n) is 9.37. The molecule has 0 aromatic carbocycles. The monoisotopic (exact) mass is 397 g/mol. The number of H-pyrrole nitrogens is 1. The molecule has 2 aliphatic heterocycles. The van der Waals surface area contributed by atoms with Gasteiger partial charge in [-0.15, -0.1) is 0 Å². The van der Waals surface area contributed by atoms with Gasteiger partial charge in [-0.25, -0.2) is 9.50 Å². The highest BCUT2D eigenvalue weighted by atomic mass is 16.2. The number of piperidine rings is 1. The predicted octanol–water partition coefficient (Wildman–Crippen LogP) is 2.50. The van der Waals surface area contributed by atoms with Crippen LogP contribution >= 0.6 is 0 Å². The first-order valence-corrected chi connectivity index (χ1v) is 11.2. The first-order chi connectivity index (χ1) is 14.0. The van der Waals surface area contributed by atoms with E-state index >= 15 is 0 Å². The van der Waals surface area contributed by atoms with Crippen molar-refractivity contribution in [1.29, 1.82) is 0 Å². The summed E-state index contributed by atoms with van der Waals surface area (Å²) in [5.41, 5.74) is 3.42. The van der Waals surface area contributed by atoms with Crippen LogP contribution in [0.4, 0.5) is 0 Å². The van der Waals surface area contributed by atoms with E-state index in [1.807, 2.05) is 24.8 Å². The summed E-state index contributed by atoms with van der Waals surface area (Å²) in [6.45, 7) is 7.48. The van der Waals surface area contributed by atoms with Crippen LogP contribution in [-0.2, 0) is 17.8 Å². The quantitative estimate of drug-likeness (QED) is 0.860. The van der Waals surface area contributed by atoms with Crippen LogP contribution in [0.25, 0.3) is 5.65 Å². The number of rotatable bonds is 4. The molecule has 7 nitrogen and oxygen atoms in total. The van der Waals surface area contributed by atoms with Gasteiger partial charge in [0.05, 0.1) is 23.0 Å². The number of carbonyl (C=O) groups is 1. The van der Waals surface area contributed by atoms with E-state index in [-0.39, 0.29) is 23.4 Å². The smallest absolute Gasteiger partial charge is 0.277 e. The van der Waals surface area contributed by atoms with E-state index in [2.05, 4.69) is 10.00 Å². The second kappa shape index (κ2) is 7.27. The van der Waals surface area contributed by atoms with Crippen molar-refractivity contribution in [2.24, 2.45) is 11.8 Å². The van der Waals surface area contributed by atoms with Gasteiger partial charge in [-0.1, -0.05) is 13.8 Å². The zero-order chi connectivity index (χ0) is 20.1. The molecule has 1 amide bonds. The Bertz CT molecular complexity index is 987. The van der Waals surface area contributed by atoms with Crippen molar-refractivity contribution in [3.63, 3.8) is 0 Å². The zero-order valence-electron chi connectivity index (χ0n) is 17.5. The van der Waals surface area contributed by atoms with Crippen LogP contribution in [0.15, 0.2) is 10.9 Å². The Morgan fingerprint density at radius 1 is 1.24 bits per heavy atom. The molecule has 5 rings (SSSR count). The second-order valence-corrected chi connectivity index (χ2v) is 9.37. The lowest BCUT2D eigenvalue weighted by molar-refractivity contribution is -0.138. The fourth-order valence-electron chi connectivity index (χ4n) is 4.90. The Morgan fingerprint density at radius 2 is 2.07 bits per heavy atom. The van der Waals surface area contributed by atoms with E-state index in [9.17, 15) is 9.59 Å². The minimum atomic E-state index is -0.0226. The van der Waals surface area contributed by atoms with Crippen LogP contribution in [0.1, 0.15) is 68.9 Å². The van der Waals surface area contributed by atoms with Crippen molar-refractivity contribution in [2.45, 2.75) is 65.0 Å². The lowest BCUT2D eigenvalue weighted by atomic mass is 9.97. The van der Waals surface area contributed by atoms with Gasteiger partial charge in [0, 0.05) is 44.6 Å². The van der Waals surface area contributed by atoms with Crippen LogP contribution in [0, 0.1) is 11.8 Å². The van der Waals surface area contributed by atoms with Gasteiger partial charge >= 0.3 is 0 Å². The van der Waals surface area contributed by atoms with E-state index in [4.69, 9.17) is 4.98 Å². The first-order valence-electron chi connectivity index (χ1n) is 11.2. The molecule has 1 N–H and O–H groups in total. The van der Waals surface area contributed by atoms with Gasteiger partial charge in [0.15, 0.2) is 5.65 Å². The summed E-state index contributed by atoms with van der Waals surface area (Å²) in [6.07, 6.45) is 6.55. The summed E-state index contributed by atoms with van der Waals surface area (Å²) < 4.78 is 1.60. The van der Waals surface area contributed by atoms with Crippen molar-refractivity contribution in [1.82, 2.24) is 24.4 Å². The number of hydrogen-bond acceptors (Lipinski definition) is 4. The highest BCUT2D eigenvalue weighted by Gasteiger charge is 2.32. The lowest BCUT2D eigenvalue weighted by Gasteiger charge is -2.36. The molecule has 1 atom stereocenters. The van der Waals surface area contributed by atoms with Crippen LogP contribution in [-0.4, -0.2) is 49.9 Å². The number of fused-ring (bicyclic) bond motifs is 2. The molecule has 7 heteroatoms. The van der Waals surface area contributed by atoms with Crippen molar-refractivity contribution in [3.8, 4) is 0 Å². The number of carbonyl (C=O) groups excluding carboxylic acids is 1. The molecular weight excluding hydrogens is 366 g/mol. The van der Waals surface area contributed by atoms with E-state index in [0.717, 1.165) is 68.2 Å². The fraction of sp³-hybridized carbons (Fsp3) is 0.682. The standard InChI is InChI=1S/C22H31N5O2/c1-14(2)21(28)26-9-4-3-5-19(26)18-11-20-23-17-8-10-25(12-15-6-7-15)13-16(17)22(29)27(20)24-18/h11,14-15,19,24H,3-10,12-13H2,1-2H3/t19-/m0/s1. The molecule has 4 heterocycles. The zero-order valence-corrected chi connectivity index (χ0v) is 17.5. The summed E-state index contributed by atoms with van der Waals surface area (Å²) >= 11 is 0. The number of nitrogens with one attached hydrogen (secondary N) is 1. The largest absolute Gasteiger partial charge is 0.334 e. The maximum Gasteiger partial charge on any atom is 0.277 e. The molecule has 1 aliphatic carbocycles. The Labute approximate surface area is 171 Å². The molecule has 0 radical (unpaired) electrons.